The zero-order valence-electron chi connectivity index (χ0n) is 19.3. The summed E-state index contributed by atoms with van der Waals surface area (Å²) in [5.74, 6) is 0.550. The van der Waals surface area contributed by atoms with Crippen LogP contribution in [0.3, 0.4) is 0 Å². The standard InChI is InChI=1S/C26H22N4O5/c1-15(31)27-21-7-5-4-6-19(21)24-28-23(16-8-10-17(11-9-16)26(33)35-3)29-25(30-24)20-13-12-18(34-2)14-22(20)32/h4-14,32H,1-3H3,(H,27,31). The van der Waals surface area contributed by atoms with Gasteiger partial charge in [-0.15, -0.1) is 0 Å². The number of ether oxygens (including phenoxy) is 2. The molecule has 4 aromatic rings. The molecular weight excluding hydrogens is 448 g/mol. The first-order valence-electron chi connectivity index (χ1n) is 10.6. The van der Waals surface area contributed by atoms with Crippen LogP contribution in [-0.2, 0) is 9.53 Å². The van der Waals surface area contributed by atoms with Gasteiger partial charge in [0.1, 0.15) is 11.5 Å². The monoisotopic (exact) mass is 470 g/mol. The molecule has 3 aromatic carbocycles. The normalized spacial score (nSPS) is 10.5. The fourth-order valence-corrected chi connectivity index (χ4v) is 3.42. The number of para-hydroxylation sites is 1. The number of esters is 1. The number of hydrogen-bond donors (Lipinski definition) is 2. The van der Waals surface area contributed by atoms with Crippen molar-refractivity contribution in [1.82, 2.24) is 15.0 Å². The predicted molar refractivity (Wildman–Crippen MR) is 130 cm³/mol. The van der Waals surface area contributed by atoms with E-state index in [4.69, 9.17) is 9.47 Å². The first-order chi connectivity index (χ1) is 16.9. The molecule has 0 aliphatic heterocycles. The summed E-state index contributed by atoms with van der Waals surface area (Å²) in [6.45, 7) is 1.42. The minimum atomic E-state index is -0.457. The van der Waals surface area contributed by atoms with Crippen molar-refractivity contribution in [3.8, 4) is 45.7 Å². The number of phenols is 1. The maximum absolute atomic E-state index is 11.8. The van der Waals surface area contributed by atoms with Gasteiger partial charge in [0.05, 0.1) is 31.0 Å². The molecule has 0 radical (unpaired) electrons. The van der Waals surface area contributed by atoms with Gasteiger partial charge in [0.2, 0.25) is 5.91 Å². The molecule has 1 aromatic heterocycles. The van der Waals surface area contributed by atoms with Crippen LogP contribution in [0.25, 0.3) is 34.2 Å². The molecule has 0 unspecified atom stereocenters. The van der Waals surface area contributed by atoms with Gasteiger partial charge in [0, 0.05) is 24.1 Å². The van der Waals surface area contributed by atoms with Gasteiger partial charge in [-0.25, -0.2) is 19.7 Å². The number of methoxy groups -OCH3 is 2. The number of amides is 1. The van der Waals surface area contributed by atoms with Crippen LogP contribution >= 0.6 is 0 Å². The van der Waals surface area contributed by atoms with E-state index >= 15 is 0 Å². The second-order valence-corrected chi connectivity index (χ2v) is 7.49. The molecule has 1 amide bonds. The minimum Gasteiger partial charge on any atom is -0.507 e. The molecule has 0 atom stereocenters. The number of carbonyl (C=O) groups is 2. The molecule has 176 valence electrons. The molecule has 2 N–H and O–H groups in total. The summed E-state index contributed by atoms with van der Waals surface area (Å²) in [5, 5.41) is 13.4. The van der Waals surface area contributed by atoms with E-state index in [2.05, 4.69) is 20.3 Å². The van der Waals surface area contributed by atoms with Gasteiger partial charge in [-0.3, -0.25) is 4.79 Å². The van der Waals surface area contributed by atoms with E-state index in [-0.39, 0.29) is 17.5 Å². The molecule has 0 saturated heterocycles. The number of nitrogens with one attached hydrogen (secondary N) is 1. The maximum atomic E-state index is 11.8. The fourth-order valence-electron chi connectivity index (χ4n) is 3.42. The topological polar surface area (TPSA) is 124 Å². The number of nitrogens with zero attached hydrogens (tertiary/aromatic N) is 3. The minimum absolute atomic E-state index is 0.0661. The molecule has 9 heteroatoms. The van der Waals surface area contributed by atoms with Crippen LogP contribution in [0, 0.1) is 0 Å². The SMILES string of the molecule is COC(=O)c1ccc(-c2nc(-c3ccc(OC)cc3O)nc(-c3ccccc3NC(C)=O)n2)cc1. The lowest BCUT2D eigenvalue weighted by atomic mass is 10.1. The van der Waals surface area contributed by atoms with E-state index in [0.717, 1.165) is 0 Å². The van der Waals surface area contributed by atoms with E-state index < -0.39 is 5.97 Å². The summed E-state index contributed by atoms with van der Waals surface area (Å²) in [6.07, 6.45) is 0. The van der Waals surface area contributed by atoms with Gasteiger partial charge in [0.15, 0.2) is 17.5 Å². The van der Waals surface area contributed by atoms with E-state index in [9.17, 15) is 14.7 Å². The molecule has 4 rings (SSSR count). The van der Waals surface area contributed by atoms with Crippen LogP contribution in [0.4, 0.5) is 5.69 Å². The molecule has 0 bridgehead atoms. The zero-order valence-corrected chi connectivity index (χ0v) is 19.3. The van der Waals surface area contributed by atoms with Gasteiger partial charge in [-0.1, -0.05) is 24.3 Å². The van der Waals surface area contributed by atoms with Crippen molar-refractivity contribution in [2.45, 2.75) is 6.92 Å². The second-order valence-electron chi connectivity index (χ2n) is 7.49. The van der Waals surface area contributed by atoms with E-state index in [1.165, 1.54) is 27.2 Å². The summed E-state index contributed by atoms with van der Waals surface area (Å²) in [6, 6.07) is 18.5. The molecule has 0 fully saturated rings. The third kappa shape index (κ3) is 5.09. The summed E-state index contributed by atoms with van der Waals surface area (Å²) >= 11 is 0. The van der Waals surface area contributed by atoms with Crippen LogP contribution in [0.2, 0.25) is 0 Å². The number of aromatic hydroxyl groups is 1. The number of rotatable bonds is 6. The lowest BCUT2D eigenvalue weighted by Crippen LogP contribution is -2.08. The quantitative estimate of drug-likeness (QED) is 0.399. The smallest absolute Gasteiger partial charge is 0.337 e. The van der Waals surface area contributed by atoms with Gasteiger partial charge < -0.3 is 19.9 Å². The van der Waals surface area contributed by atoms with Crippen molar-refractivity contribution in [3.63, 3.8) is 0 Å². The molecule has 0 saturated carbocycles. The first-order valence-corrected chi connectivity index (χ1v) is 10.6. The van der Waals surface area contributed by atoms with Crippen molar-refractivity contribution in [3.05, 3.63) is 72.3 Å². The molecule has 9 nitrogen and oxygen atoms in total. The van der Waals surface area contributed by atoms with Crippen LogP contribution < -0.4 is 10.1 Å². The first kappa shape index (κ1) is 23.4. The Morgan fingerprint density at radius 2 is 1.49 bits per heavy atom. The predicted octanol–water partition coefficient (Wildman–Crippen LogP) is 4.33. The average Bonchev–Trinajstić information content (AvgIpc) is 2.88. The van der Waals surface area contributed by atoms with Crippen molar-refractivity contribution in [2.75, 3.05) is 19.5 Å². The number of anilines is 1. The number of benzene rings is 3. The van der Waals surface area contributed by atoms with E-state index in [0.29, 0.717) is 45.3 Å². The van der Waals surface area contributed by atoms with Crippen LogP contribution in [-0.4, -0.2) is 46.2 Å². The third-order valence-corrected chi connectivity index (χ3v) is 5.12. The lowest BCUT2D eigenvalue weighted by Gasteiger charge is -2.12. The second kappa shape index (κ2) is 10.0. The Balaban J connectivity index is 1.90. The molecule has 0 aliphatic carbocycles. The Kier molecular flexibility index (Phi) is 6.68. The number of phenolic OH excluding ortho intramolecular Hbond substituents is 1. The van der Waals surface area contributed by atoms with Gasteiger partial charge in [-0.2, -0.15) is 0 Å². The van der Waals surface area contributed by atoms with Crippen LogP contribution in [0.5, 0.6) is 11.5 Å². The summed E-state index contributed by atoms with van der Waals surface area (Å²) in [7, 11) is 2.82. The third-order valence-electron chi connectivity index (χ3n) is 5.12. The molecular formula is C26H22N4O5. The molecule has 0 spiro atoms. The Bertz CT molecular complexity index is 1400. The largest absolute Gasteiger partial charge is 0.507 e. The molecule has 1 heterocycles. The average molecular weight is 470 g/mol. The summed E-state index contributed by atoms with van der Waals surface area (Å²) < 4.78 is 9.93. The molecule has 35 heavy (non-hydrogen) atoms. The van der Waals surface area contributed by atoms with Gasteiger partial charge in [-0.05, 0) is 36.4 Å². The highest BCUT2D eigenvalue weighted by atomic mass is 16.5. The fraction of sp³-hybridized carbons (Fsp3) is 0.115. The Morgan fingerprint density at radius 3 is 2.11 bits per heavy atom. The number of hydrogen-bond acceptors (Lipinski definition) is 8. The van der Waals surface area contributed by atoms with Crippen molar-refractivity contribution in [1.29, 1.82) is 0 Å². The Hall–Kier alpha value is -4.79. The van der Waals surface area contributed by atoms with Crippen LogP contribution in [0.1, 0.15) is 17.3 Å². The summed E-state index contributed by atoms with van der Waals surface area (Å²) in [5.41, 5.74) is 2.48. The van der Waals surface area contributed by atoms with E-state index in [1.54, 1.807) is 60.7 Å². The van der Waals surface area contributed by atoms with Crippen LogP contribution in [0.15, 0.2) is 66.7 Å². The Morgan fingerprint density at radius 1 is 0.829 bits per heavy atom. The highest BCUT2D eigenvalue weighted by molar-refractivity contribution is 5.93. The summed E-state index contributed by atoms with van der Waals surface area (Å²) in [4.78, 5) is 37.4. The Labute approximate surface area is 201 Å². The van der Waals surface area contributed by atoms with Crippen molar-refractivity contribution in [2.24, 2.45) is 0 Å². The highest BCUT2D eigenvalue weighted by Gasteiger charge is 2.17. The zero-order chi connectivity index (χ0) is 24.9. The van der Waals surface area contributed by atoms with Crippen molar-refractivity contribution < 1.29 is 24.2 Å². The molecule has 0 aliphatic rings. The maximum Gasteiger partial charge on any atom is 0.337 e. The van der Waals surface area contributed by atoms with Crippen molar-refractivity contribution >= 4 is 17.6 Å². The van der Waals surface area contributed by atoms with Gasteiger partial charge in [0.25, 0.3) is 0 Å². The van der Waals surface area contributed by atoms with E-state index in [1.807, 2.05) is 0 Å². The number of carbonyl (C=O) groups excluding carboxylic acids is 2. The lowest BCUT2D eigenvalue weighted by molar-refractivity contribution is -0.114. The number of aromatic nitrogens is 3. The van der Waals surface area contributed by atoms with Gasteiger partial charge >= 0.3 is 5.97 Å². The highest BCUT2D eigenvalue weighted by Crippen LogP contribution is 2.34.